The molecule has 0 aliphatic carbocycles. The highest BCUT2D eigenvalue weighted by atomic mass is 19.1. The van der Waals surface area contributed by atoms with Crippen molar-refractivity contribution in [2.75, 3.05) is 50.4 Å². The Hall–Kier alpha value is -3.80. The molecule has 7 rings (SSSR count). The third-order valence-corrected chi connectivity index (χ3v) is 8.44. The molecule has 1 N–H and O–H groups in total. The van der Waals surface area contributed by atoms with E-state index in [1.165, 1.54) is 14.2 Å². The molecule has 2 bridgehead atoms. The van der Waals surface area contributed by atoms with Crippen LogP contribution >= 0.6 is 0 Å². The van der Waals surface area contributed by atoms with Crippen LogP contribution < -0.4 is 19.3 Å². The van der Waals surface area contributed by atoms with Gasteiger partial charge in [-0.15, -0.1) is 0 Å². The van der Waals surface area contributed by atoms with Gasteiger partial charge >= 0.3 is 0 Å². The summed E-state index contributed by atoms with van der Waals surface area (Å²) in [6.45, 7) is 2.46. The summed E-state index contributed by atoms with van der Waals surface area (Å²) in [5, 5.41) is 11.7. The van der Waals surface area contributed by atoms with Gasteiger partial charge in [-0.1, -0.05) is 0 Å². The number of anilines is 2. The van der Waals surface area contributed by atoms with Gasteiger partial charge in [0.05, 0.1) is 62.6 Å². The third-order valence-electron chi connectivity index (χ3n) is 8.44. The van der Waals surface area contributed by atoms with Crippen molar-refractivity contribution in [3.05, 3.63) is 59.4 Å². The van der Waals surface area contributed by atoms with E-state index in [2.05, 4.69) is 9.88 Å². The van der Waals surface area contributed by atoms with E-state index in [9.17, 15) is 5.11 Å². The Morgan fingerprint density at radius 1 is 1.00 bits per heavy atom. The fourth-order valence-corrected chi connectivity index (χ4v) is 6.34. The lowest BCUT2D eigenvalue weighted by molar-refractivity contribution is 0.0989. The van der Waals surface area contributed by atoms with Crippen LogP contribution in [0.5, 0.6) is 11.5 Å². The van der Waals surface area contributed by atoms with Gasteiger partial charge in [0.2, 0.25) is 0 Å². The number of fused-ring (bicyclic) bond motifs is 3. The molecule has 4 atom stereocenters. The van der Waals surface area contributed by atoms with Gasteiger partial charge in [-0.3, -0.25) is 4.98 Å². The normalized spacial score (nSPS) is 25.0. The average Bonchev–Trinajstić information content (AvgIpc) is 3.77. The molecule has 1 aromatic carbocycles. The van der Waals surface area contributed by atoms with Gasteiger partial charge in [0.1, 0.15) is 5.82 Å². The van der Waals surface area contributed by atoms with E-state index >= 15 is 8.78 Å². The number of pyridine rings is 2. The van der Waals surface area contributed by atoms with Crippen LogP contribution in [0.3, 0.4) is 0 Å². The summed E-state index contributed by atoms with van der Waals surface area (Å²) < 4.78 is 52.6. The van der Waals surface area contributed by atoms with Crippen LogP contribution in [-0.4, -0.2) is 80.1 Å². The van der Waals surface area contributed by atoms with Crippen LogP contribution in [0.1, 0.15) is 24.0 Å². The molecule has 0 amide bonds. The van der Waals surface area contributed by atoms with Crippen molar-refractivity contribution in [1.29, 1.82) is 0 Å². The number of methoxy groups -OCH3 is 2. The molecular formula is C30H30F2N4O5. The van der Waals surface area contributed by atoms with Crippen molar-refractivity contribution >= 4 is 23.2 Å². The average molecular weight is 565 g/mol. The molecule has 0 radical (unpaired) electrons. The summed E-state index contributed by atoms with van der Waals surface area (Å²) >= 11 is 0. The van der Waals surface area contributed by atoms with Crippen LogP contribution in [0.15, 0.2) is 36.7 Å². The van der Waals surface area contributed by atoms with E-state index < -0.39 is 23.4 Å². The van der Waals surface area contributed by atoms with Crippen LogP contribution in [-0.2, 0) is 9.47 Å². The van der Waals surface area contributed by atoms with Crippen molar-refractivity contribution in [1.82, 2.24) is 9.97 Å². The highest BCUT2D eigenvalue weighted by Crippen LogP contribution is 2.44. The zero-order chi connectivity index (χ0) is 28.2. The zero-order valence-electron chi connectivity index (χ0n) is 22.7. The molecule has 4 aliphatic heterocycles. The lowest BCUT2D eigenvalue weighted by atomic mass is 9.93. The predicted octanol–water partition coefficient (Wildman–Crippen LogP) is 3.88. The number of aliphatic hydroxyl groups is 1. The van der Waals surface area contributed by atoms with Crippen LogP contribution in [0, 0.1) is 11.6 Å². The topological polar surface area (TPSA) is 89.4 Å². The molecule has 11 heteroatoms. The van der Waals surface area contributed by atoms with E-state index in [-0.39, 0.29) is 29.2 Å². The molecule has 9 nitrogen and oxygen atoms in total. The number of aliphatic hydroxyl groups excluding tert-OH is 1. The molecule has 2 aromatic heterocycles. The first-order valence-corrected chi connectivity index (χ1v) is 13.7. The van der Waals surface area contributed by atoms with Crippen molar-refractivity contribution in [2.45, 2.75) is 37.3 Å². The van der Waals surface area contributed by atoms with Gasteiger partial charge in [0.25, 0.3) is 0 Å². The summed E-state index contributed by atoms with van der Waals surface area (Å²) in [5.41, 5.74) is 2.42. The minimum Gasteiger partial charge on any atom is -0.494 e. The molecule has 3 saturated heterocycles. The zero-order valence-corrected chi connectivity index (χ0v) is 22.7. The highest BCUT2D eigenvalue weighted by Gasteiger charge is 2.40. The number of morpholine rings is 1. The van der Waals surface area contributed by atoms with Gasteiger partial charge in [0.15, 0.2) is 29.4 Å². The third kappa shape index (κ3) is 4.30. The van der Waals surface area contributed by atoms with E-state index in [0.717, 1.165) is 37.0 Å². The van der Waals surface area contributed by atoms with Crippen molar-refractivity contribution in [2.24, 2.45) is 0 Å². The Bertz CT molecular complexity index is 1480. The maximum absolute atomic E-state index is 15.5. The molecule has 4 aliphatic rings. The second-order valence-electron chi connectivity index (χ2n) is 10.7. The van der Waals surface area contributed by atoms with Gasteiger partial charge in [-0.2, -0.15) is 0 Å². The largest absolute Gasteiger partial charge is 0.494 e. The molecule has 3 fully saturated rings. The van der Waals surface area contributed by atoms with Gasteiger partial charge in [-0.05, 0) is 37.1 Å². The lowest BCUT2D eigenvalue weighted by Crippen LogP contribution is -2.46. The van der Waals surface area contributed by atoms with Gasteiger partial charge in [-0.25, -0.2) is 13.8 Å². The summed E-state index contributed by atoms with van der Waals surface area (Å²) in [7, 11) is 2.58. The lowest BCUT2D eigenvalue weighted by Gasteiger charge is -2.40. The monoisotopic (exact) mass is 564 g/mol. The summed E-state index contributed by atoms with van der Waals surface area (Å²) in [5.74, 6) is -1.31. The second-order valence-corrected chi connectivity index (χ2v) is 10.7. The van der Waals surface area contributed by atoms with Crippen molar-refractivity contribution in [3.63, 3.8) is 0 Å². The Kier molecular flexibility index (Phi) is 6.52. The van der Waals surface area contributed by atoms with Crippen LogP contribution in [0.4, 0.5) is 20.3 Å². The number of nitrogens with zero attached hydrogens (tertiary/aromatic N) is 4. The smallest absolute Gasteiger partial charge is 0.175 e. The molecular weight excluding hydrogens is 534 g/mol. The van der Waals surface area contributed by atoms with Crippen LogP contribution in [0.2, 0.25) is 0 Å². The first kappa shape index (κ1) is 26.1. The van der Waals surface area contributed by atoms with Crippen molar-refractivity contribution < 1.29 is 32.8 Å². The molecule has 0 spiro atoms. The fourth-order valence-electron chi connectivity index (χ4n) is 6.34. The fraction of sp³-hybridized carbons (Fsp3) is 0.400. The SMILES string of the molecule is COc1cc(OC)c(F)c(C2=Cc3cnc(-c4ccc(N5CC6CC5CO6)nc4)cc3N(C3CCOC3)C2O)c1F. The number of ether oxygens (including phenoxy) is 4. The molecule has 3 aromatic rings. The summed E-state index contributed by atoms with van der Waals surface area (Å²) in [6.07, 6.45) is 5.61. The molecule has 41 heavy (non-hydrogen) atoms. The van der Waals surface area contributed by atoms with E-state index in [1.54, 1.807) is 23.4 Å². The second kappa shape index (κ2) is 10.2. The first-order chi connectivity index (χ1) is 20.0. The maximum atomic E-state index is 15.5. The Morgan fingerprint density at radius 2 is 1.80 bits per heavy atom. The number of rotatable bonds is 6. The Labute approximate surface area is 235 Å². The summed E-state index contributed by atoms with van der Waals surface area (Å²) in [4.78, 5) is 13.4. The number of aromatic nitrogens is 2. The first-order valence-electron chi connectivity index (χ1n) is 13.7. The van der Waals surface area contributed by atoms with Gasteiger partial charge < -0.3 is 33.9 Å². The van der Waals surface area contributed by atoms with Crippen molar-refractivity contribution in [3.8, 4) is 22.8 Å². The minimum absolute atomic E-state index is 0.0426. The van der Waals surface area contributed by atoms with E-state index in [1.807, 2.05) is 18.2 Å². The standard InChI is InChI=1S/C30H30F2N4O5/c1-38-24-10-25(39-2)29(32)27(28(24)31)21-7-17-12-33-22(9-23(17)36(30(21)37)18-5-6-40-14-18)16-3-4-26(34-11-16)35-13-20-8-19(35)15-41-20/h3-4,7,9-12,18-20,30,37H,5-6,8,13-15H2,1-2H3. The minimum atomic E-state index is -1.36. The Morgan fingerprint density at radius 3 is 2.41 bits per heavy atom. The van der Waals surface area contributed by atoms with Gasteiger partial charge in [0, 0.05) is 48.3 Å². The number of hydrogen-bond donors (Lipinski definition) is 1. The number of hydrogen-bond acceptors (Lipinski definition) is 9. The maximum Gasteiger partial charge on any atom is 0.175 e. The summed E-state index contributed by atoms with van der Waals surface area (Å²) in [6, 6.07) is 7.16. The predicted molar refractivity (Wildman–Crippen MR) is 148 cm³/mol. The van der Waals surface area contributed by atoms with Crippen LogP contribution in [0.25, 0.3) is 22.9 Å². The van der Waals surface area contributed by atoms with E-state index in [4.69, 9.17) is 23.9 Å². The molecule has 0 saturated carbocycles. The molecule has 4 unspecified atom stereocenters. The molecule has 6 heterocycles. The molecule has 214 valence electrons. The Balaban J connectivity index is 1.29. The number of halogens is 2. The van der Waals surface area contributed by atoms with E-state index in [0.29, 0.717) is 42.6 Å². The quantitative estimate of drug-likeness (QED) is 0.479. The highest BCUT2D eigenvalue weighted by molar-refractivity contribution is 5.94. The number of benzene rings is 1.